The van der Waals surface area contributed by atoms with E-state index in [9.17, 15) is 4.79 Å². The second kappa shape index (κ2) is 7.35. The molecule has 3 aromatic rings. The van der Waals surface area contributed by atoms with Crippen molar-refractivity contribution < 1.29 is 4.79 Å². The summed E-state index contributed by atoms with van der Waals surface area (Å²) < 4.78 is 1.53. The minimum atomic E-state index is -0.229. The van der Waals surface area contributed by atoms with Crippen molar-refractivity contribution >= 4 is 11.7 Å². The average molecular weight is 348 g/mol. The zero-order chi connectivity index (χ0) is 17.8. The summed E-state index contributed by atoms with van der Waals surface area (Å²) >= 11 is 0. The van der Waals surface area contributed by atoms with Gasteiger partial charge in [0.15, 0.2) is 5.82 Å². The summed E-state index contributed by atoms with van der Waals surface area (Å²) in [5.41, 5.74) is 1.82. The minimum absolute atomic E-state index is 0.129. The van der Waals surface area contributed by atoms with Gasteiger partial charge in [-0.3, -0.25) is 0 Å². The maximum atomic E-state index is 12.6. The highest BCUT2D eigenvalue weighted by molar-refractivity contribution is 5.91. The van der Waals surface area contributed by atoms with Crippen LogP contribution in [0.1, 0.15) is 18.4 Å². The molecule has 1 aliphatic carbocycles. The molecule has 2 heterocycles. The lowest BCUT2D eigenvalue weighted by Crippen LogP contribution is -2.40. The maximum absolute atomic E-state index is 12.6. The number of urea groups is 1. The first kappa shape index (κ1) is 16.3. The van der Waals surface area contributed by atoms with Crippen molar-refractivity contribution in [2.24, 2.45) is 5.92 Å². The Morgan fingerprint density at radius 2 is 2.04 bits per heavy atom. The van der Waals surface area contributed by atoms with E-state index in [0.717, 1.165) is 19.3 Å². The van der Waals surface area contributed by atoms with Gasteiger partial charge in [0.25, 0.3) is 0 Å². The standard InChI is InChI=1S/C19H20N6O/c26-19(23-16-7-4-10-21-18(16)25-13-20-12-22-25)24-17(15-8-9-15)11-14-5-2-1-3-6-14/h1-7,10,12-13,15,17H,8-9,11H2,(H2,23,24,26). The monoisotopic (exact) mass is 348 g/mol. The molecule has 0 spiro atoms. The molecule has 26 heavy (non-hydrogen) atoms. The highest BCUT2D eigenvalue weighted by Crippen LogP contribution is 2.34. The highest BCUT2D eigenvalue weighted by atomic mass is 16.2. The predicted octanol–water partition coefficient (Wildman–Crippen LogP) is 2.81. The van der Waals surface area contributed by atoms with Gasteiger partial charge in [-0.1, -0.05) is 30.3 Å². The van der Waals surface area contributed by atoms with Gasteiger partial charge in [0.1, 0.15) is 12.7 Å². The largest absolute Gasteiger partial charge is 0.335 e. The van der Waals surface area contributed by atoms with Crippen LogP contribution in [0.5, 0.6) is 0 Å². The molecule has 4 rings (SSSR count). The minimum Gasteiger partial charge on any atom is -0.335 e. The van der Waals surface area contributed by atoms with Gasteiger partial charge in [-0.25, -0.2) is 19.4 Å². The summed E-state index contributed by atoms with van der Waals surface area (Å²) in [5.74, 6) is 1.08. The predicted molar refractivity (Wildman–Crippen MR) is 98.0 cm³/mol. The van der Waals surface area contributed by atoms with E-state index in [4.69, 9.17) is 0 Å². The third-order valence-corrected chi connectivity index (χ3v) is 4.48. The van der Waals surface area contributed by atoms with Gasteiger partial charge in [0, 0.05) is 12.2 Å². The Hall–Kier alpha value is -3.22. The van der Waals surface area contributed by atoms with E-state index in [2.05, 4.69) is 37.8 Å². The third kappa shape index (κ3) is 3.88. The number of hydrogen-bond donors (Lipinski definition) is 2. The van der Waals surface area contributed by atoms with Crippen molar-refractivity contribution in [3.8, 4) is 5.82 Å². The van der Waals surface area contributed by atoms with Crippen LogP contribution in [0.3, 0.4) is 0 Å². The van der Waals surface area contributed by atoms with E-state index in [1.807, 2.05) is 18.2 Å². The molecule has 1 fully saturated rings. The van der Waals surface area contributed by atoms with Crippen LogP contribution in [0.25, 0.3) is 5.82 Å². The maximum Gasteiger partial charge on any atom is 0.319 e. The van der Waals surface area contributed by atoms with E-state index < -0.39 is 0 Å². The molecule has 1 aliphatic rings. The van der Waals surface area contributed by atoms with Crippen molar-refractivity contribution in [1.29, 1.82) is 0 Å². The van der Waals surface area contributed by atoms with Gasteiger partial charge in [-0.2, -0.15) is 5.10 Å². The molecule has 7 nitrogen and oxygen atoms in total. The van der Waals surface area contributed by atoms with Gasteiger partial charge in [0.05, 0.1) is 5.69 Å². The summed E-state index contributed by atoms with van der Waals surface area (Å²) in [6.07, 6.45) is 7.80. The Balaban J connectivity index is 1.45. The number of carbonyl (C=O) groups excluding carboxylic acids is 1. The van der Waals surface area contributed by atoms with Crippen LogP contribution in [0.2, 0.25) is 0 Å². The number of nitrogens with zero attached hydrogens (tertiary/aromatic N) is 4. The molecule has 0 aliphatic heterocycles. The van der Waals surface area contributed by atoms with Crippen LogP contribution < -0.4 is 10.6 Å². The van der Waals surface area contributed by atoms with Crippen LogP contribution in [0.15, 0.2) is 61.3 Å². The first-order chi connectivity index (χ1) is 12.8. The van der Waals surface area contributed by atoms with Crippen LogP contribution in [-0.4, -0.2) is 31.8 Å². The van der Waals surface area contributed by atoms with E-state index in [1.54, 1.807) is 24.7 Å². The molecular formula is C19H20N6O. The van der Waals surface area contributed by atoms with Gasteiger partial charge in [-0.05, 0) is 42.9 Å². The van der Waals surface area contributed by atoms with E-state index in [1.165, 1.54) is 16.6 Å². The summed E-state index contributed by atoms with van der Waals surface area (Å²) in [7, 11) is 0. The fourth-order valence-corrected chi connectivity index (χ4v) is 3.02. The molecule has 132 valence electrons. The zero-order valence-corrected chi connectivity index (χ0v) is 14.2. The molecule has 0 saturated heterocycles. The number of hydrogen-bond acceptors (Lipinski definition) is 4. The van der Waals surface area contributed by atoms with Crippen LogP contribution in [-0.2, 0) is 6.42 Å². The number of amides is 2. The first-order valence-electron chi connectivity index (χ1n) is 8.71. The number of anilines is 1. The second-order valence-electron chi connectivity index (χ2n) is 6.45. The Morgan fingerprint density at radius 1 is 1.19 bits per heavy atom. The SMILES string of the molecule is O=C(Nc1cccnc1-n1cncn1)NC(Cc1ccccc1)C1CC1. The molecule has 1 unspecified atom stereocenters. The Kier molecular flexibility index (Phi) is 4.59. The average Bonchev–Trinajstić information content (AvgIpc) is 3.37. The number of benzene rings is 1. The van der Waals surface area contributed by atoms with E-state index in [0.29, 0.717) is 17.4 Å². The fourth-order valence-electron chi connectivity index (χ4n) is 3.02. The molecule has 2 aromatic heterocycles. The summed E-state index contributed by atoms with van der Waals surface area (Å²) in [6, 6.07) is 13.7. The van der Waals surface area contributed by atoms with Crippen molar-refractivity contribution in [1.82, 2.24) is 25.1 Å². The Labute approximate surface area is 151 Å². The summed E-state index contributed by atoms with van der Waals surface area (Å²) in [6.45, 7) is 0. The van der Waals surface area contributed by atoms with Gasteiger partial charge in [0.2, 0.25) is 0 Å². The normalized spacial score (nSPS) is 14.6. The second-order valence-corrected chi connectivity index (χ2v) is 6.45. The molecule has 0 radical (unpaired) electrons. The highest BCUT2D eigenvalue weighted by Gasteiger charge is 2.32. The van der Waals surface area contributed by atoms with E-state index >= 15 is 0 Å². The zero-order valence-electron chi connectivity index (χ0n) is 14.2. The Morgan fingerprint density at radius 3 is 2.77 bits per heavy atom. The van der Waals surface area contributed by atoms with E-state index in [-0.39, 0.29) is 12.1 Å². The number of rotatable bonds is 6. The quantitative estimate of drug-likeness (QED) is 0.717. The molecule has 0 bridgehead atoms. The fraction of sp³-hybridized carbons (Fsp3) is 0.263. The number of aromatic nitrogens is 4. The lowest BCUT2D eigenvalue weighted by Gasteiger charge is -2.19. The van der Waals surface area contributed by atoms with Crippen molar-refractivity contribution in [2.75, 3.05) is 5.32 Å². The summed E-state index contributed by atoms with van der Waals surface area (Å²) in [5, 5.41) is 10.1. The molecule has 1 aromatic carbocycles. The van der Waals surface area contributed by atoms with Gasteiger partial charge in [-0.15, -0.1) is 0 Å². The molecule has 1 saturated carbocycles. The molecule has 1 atom stereocenters. The number of nitrogens with one attached hydrogen (secondary N) is 2. The molecule has 7 heteroatoms. The van der Waals surface area contributed by atoms with Gasteiger partial charge < -0.3 is 10.6 Å². The lowest BCUT2D eigenvalue weighted by atomic mass is 10.0. The summed E-state index contributed by atoms with van der Waals surface area (Å²) in [4.78, 5) is 20.8. The van der Waals surface area contributed by atoms with Gasteiger partial charge >= 0.3 is 6.03 Å². The number of pyridine rings is 1. The van der Waals surface area contributed by atoms with Crippen molar-refractivity contribution in [2.45, 2.75) is 25.3 Å². The Bertz CT molecular complexity index is 861. The van der Waals surface area contributed by atoms with Crippen LogP contribution in [0, 0.1) is 5.92 Å². The first-order valence-corrected chi connectivity index (χ1v) is 8.71. The molecule has 2 N–H and O–H groups in total. The lowest BCUT2D eigenvalue weighted by molar-refractivity contribution is 0.246. The van der Waals surface area contributed by atoms with Crippen molar-refractivity contribution in [3.63, 3.8) is 0 Å². The molecular weight excluding hydrogens is 328 g/mol. The third-order valence-electron chi connectivity index (χ3n) is 4.48. The number of carbonyl (C=O) groups is 1. The molecule has 2 amide bonds. The topological polar surface area (TPSA) is 84.7 Å². The smallest absolute Gasteiger partial charge is 0.319 e. The van der Waals surface area contributed by atoms with Crippen LogP contribution in [0.4, 0.5) is 10.5 Å². The van der Waals surface area contributed by atoms with Crippen LogP contribution >= 0.6 is 0 Å². The van der Waals surface area contributed by atoms with Crippen molar-refractivity contribution in [3.05, 3.63) is 66.9 Å².